The van der Waals surface area contributed by atoms with Crippen molar-refractivity contribution >= 4 is 5.91 Å². The lowest BCUT2D eigenvalue weighted by atomic mass is 10.1. The van der Waals surface area contributed by atoms with Crippen molar-refractivity contribution in [2.45, 2.75) is 26.7 Å². The van der Waals surface area contributed by atoms with Crippen LogP contribution in [0.2, 0.25) is 0 Å². The third kappa shape index (κ3) is 5.43. The van der Waals surface area contributed by atoms with Crippen LogP contribution in [0.1, 0.15) is 25.3 Å². The normalized spacial score (nSPS) is 11.4. The lowest BCUT2D eigenvalue weighted by Crippen LogP contribution is -2.33. The van der Waals surface area contributed by atoms with Crippen LogP contribution in [0.3, 0.4) is 0 Å². The van der Waals surface area contributed by atoms with Gasteiger partial charge in [0, 0.05) is 0 Å². The Morgan fingerprint density at radius 1 is 1.53 bits per heavy atom. The summed E-state index contributed by atoms with van der Waals surface area (Å²) in [5.41, 5.74) is 1.13. The number of rotatable bonds is 7. The molecule has 1 N–H and O–H groups in total. The third-order valence-corrected chi connectivity index (χ3v) is 2.71. The molecule has 1 rings (SSSR count). The second kappa shape index (κ2) is 8.15. The summed E-state index contributed by atoms with van der Waals surface area (Å²) in [6, 6.07) is 9.76. The molecule has 4 heteroatoms. The fraction of sp³-hybridized carbons (Fsp3) is 0.467. The number of nitrogens with one attached hydrogen (secondary N) is 1. The van der Waals surface area contributed by atoms with Gasteiger partial charge in [0.15, 0.2) is 0 Å². The lowest BCUT2D eigenvalue weighted by Gasteiger charge is -2.10. The average Bonchev–Trinajstić information content (AvgIpc) is 2.40. The van der Waals surface area contributed by atoms with E-state index in [0.29, 0.717) is 19.6 Å². The molecule has 0 saturated heterocycles. The van der Waals surface area contributed by atoms with Gasteiger partial charge in [-0.15, -0.1) is 0 Å². The van der Waals surface area contributed by atoms with Gasteiger partial charge in [0.2, 0.25) is 5.91 Å². The highest BCUT2D eigenvalue weighted by molar-refractivity contribution is 5.80. The Bertz CT molecular complexity index is 452. The lowest BCUT2D eigenvalue weighted by molar-refractivity contribution is -0.123. The maximum absolute atomic E-state index is 11.6. The van der Waals surface area contributed by atoms with Crippen LogP contribution in [-0.2, 0) is 4.79 Å². The number of aryl methyl sites for hydroxylation is 1. The Labute approximate surface area is 114 Å². The van der Waals surface area contributed by atoms with Crippen molar-refractivity contribution in [2.24, 2.45) is 5.92 Å². The maximum Gasteiger partial charge on any atom is 0.237 e. The number of carbonyl (C=O) groups is 1. The minimum Gasteiger partial charge on any atom is -0.492 e. The van der Waals surface area contributed by atoms with Crippen LogP contribution in [0.4, 0.5) is 0 Å². The largest absolute Gasteiger partial charge is 0.492 e. The molecule has 0 radical (unpaired) electrons. The highest BCUT2D eigenvalue weighted by Gasteiger charge is 2.15. The first kappa shape index (κ1) is 15.0. The van der Waals surface area contributed by atoms with Gasteiger partial charge in [0.25, 0.3) is 0 Å². The highest BCUT2D eigenvalue weighted by Crippen LogP contribution is 2.11. The zero-order valence-corrected chi connectivity index (χ0v) is 11.5. The van der Waals surface area contributed by atoms with Crippen molar-refractivity contribution in [3.63, 3.8) is 0 Å². The fourth-order valence-electron chi connectivity index (χ4n) is 1.71. The van der Waals surface area contributed by atoms with E-state index in [2.05, 4.69) is 5.32 Å². The second-order valence-electron chi connectivity index (χ2n) is 4.43. The van der Waals surface area contributed by atoms with E-state index in [9.17, 15) is 4.79 Å². The van der Waals surface area contributed by atoms with E-state index in [0.717, 1.165) is 17.7 Å². The molecule has 0 aliphatic rings. The summed E-state index contributed by atoms with van der Waals surface area (Å²) in [7, 11) is 0. The van der Waals surface area contributed by atoms with Crippen molar-refractivity contribution in [1.29, 1.82) is 5.26 Å². The number of amides is 1. The van der Waals surface area contributed by atoms with E-state index in [1.165, 1.54) is 0 Å². The van der Waals surface area contributed by atoms with E-state index in [4.69, 9.17) is 10.00 Å². The molecule has 102 valence electrons. The molecule has 19 heavy (non-hydrogen) atoms. The maximum atomic E-state index is 11.6. The number of hydrogen-bond donors (Lipinski definition) is 1. The molecule has 0 aliphatic carbocycles. The Morgan fingerprint density at radius 3 is 2.95 bits per heavy atom. The molecule has 1 unspecified atom stereocenters. The van der Waals surface area contributed by atoms with Crippen LogP contribution in [0.5, 0.6) is 5.75 Å². The molecule has 4 nitrogen and oxygen atoms in total. The van der Waals surface area contributed by atoms with Gasteiger partial charge in [-0.05, 0) is 31.0 Å². The van der Waals surface area contributed by atoms with Crippen LogP contribution in [0.25, 0.3) is 0 Å². The summed E-state index contributed by atoms with van der Waals surface area (Å²) in [5, 5.41) is 11.6. The second-order valence-corrected chi connectivity index (χ2v) is 4.43. The summed E-state index contributed by atoms with van der Waals surface area (Å²) in [6.07, 6.45) is 1.42. The first-order valence-electron chi connectivity index (χ1n) is 6.54. The quantitative estimate of drug-likeness (QED) is 0.766. The van der Waals surface area contributed by atoms with Gasteiger partial charge < -0.3 is 10.1 Å². The van der Waals surface area contributed by atoms with Gasteiger partial charge in [-0.3, -0.25) is 4.79 Å². The predicted octanol–water partition coefficient (Wildman–Crippen LogP) is 2.43. The molecule has 0 spiro atoms. The zero-order chi connectivity index (χ0) is 14.1. The molecular formula is C15H20N2O2. The molecule has 0 saturated carbocycles. The smallest absolute Gasteiger partial charge is 0.237 e. The van der Waals surface area contributed by atoms with Gasteiger partial charge in [-0.2, -0.15) is 5.26 Å². The van der Waals surface area contributed by atoms with Crippen molar-refractivity contribution < 1.29 is 9.53 Å². The molecule has 0 heterocycles. The molecule has 1 amide bonds. The Kier molecular flexibility index (Phi) is 6.45. The summed E-state index contributed by atoms with van der Waals surface area (Å²) < 4.78 is 5.51. The van der Waals surface area contributed by atoms with Crippen LogP contribution >= 0.6 is 0 Å². The van der Waals surface area contributed by atoms with Crippen LogP contribution in [-0.4, -0.2) is 19.1 Å². The Hall–Kier alpha value is -2.02. The van der Waals surface area contributed by atoms with Crippen molar-refractivity contribution in [2.75, 3.05) is 13.2 Å². The van der Waals surface area contributed by atoms with E-state index >= 15 is 0 Å². The number of ether oxygens (including phenoxy) is 1. The van der Waals surface area contributed by atoms with Gasteiger partial charge in [0.05, 0.1) is 12.6 Å². The molecule has 0 aliphatic heterocycles. The SMILES string of the molecule is CCCC(C#N)C(=O)NCCOc1cccc(C)c1. The number of nitrogens with zero attached hydrogens (tertiary/aromatic N) is 1. The first-order chi connectivity index (χ1) is 9.17. The predicted molar refractivity (Wildman–Crippen MR) is 73.7 cm³/mol. The monoisotopic (exact) mass is 260 g/mol. The Balaban J connectivity index is 2.27. The van der Waals surface area contributed by atoms with Crippen LogP contribution in [0.15, 0.2) is 24.3 Å². The fourth-order valence-corrected chi connectivity index (χ4v) is 1.71. The number of benzene rings is 1. The summed E-state index contributed by atoms with van der Waals surface area (Å²) in [5.74, 6) is 0.0285. The third-order valence-electron chi connectivity index (χ3n) is 2.71. The van der Waals surface area contributed by atoms with Crippen LogP contribution in [0, 0.1) is 24.2 Å². The molecular weight excluding hydrogens is 240 g/mol. The topological polar surface area (TPSA) is 62.1 Å². The van der Waals surface area contributed by atoms with Gasteiger partial charge in [0.1, 0.15) is 18.3 Å². The Morgan fingerprint density at radius 2 is 2.32 bits per heavy atom. The summed E-state index contributed by atoms with van der Waals surface area (Å²) in [4.78, 5) is 11.6. The zero-order valence-electron chi connectivity index (χ0n) is 11.5. The van der Waals surface area contributed by atoms with Crippen molar-refractivity contribution in [1.82, 2.24) is 5.32 Å². The highest BCUT2D eigenvalue weighted by atomic mass is 16.5. The number of nitriles is 1. The van der Waals surface area contributed by atoms with Crippen molar-refractivity contribution in [3.8, 4) is 11.8 Å². The van der Waals surface area contributed by atoms with Crippen molar-refractivity contribution in [3.05, 3.63) is 29.8 Å². The van der Waals surface area contributed by atoms with E-state index < -0.39 is 5.92 Å². The molecule has 1 aromatic rings. The van der Waals surface area contributed by atoms with E-state index in [1.54, 1.807) is 0 Å². The number of hydrogen-bond acceptors (Lipinski definition) is 3. The molecule has 0 aromatic heterocycles. The average molecular weight is 260 g/mol. The van der Waals surface area contributed by atoms with Gasteiger partial charge in [-0.1, -0.05) is 25.5 Å². The number of carbonyl (C=O) groups excluding carboxylic acids is 1. The van der Waals surface area contributed by atoms with Gasteiger partial charge in [-0.25, -0.2) is 0 Å². The van der Waals surface area contributed by atoms with E-state index in [1.807, 2.05) is 44.2 Å². The molecule has 1 atom stereocenters. The van der Waals surface area contributed by atoms with Crippen LogP contribution < -0.4 is 10.1 Å². The molecule has 0 fully saturated rings. The molecule has 0 bridgehead atoms. The van der Waals surface area contributed by atoms with E-state index in [-0.39, 0.29) is 5.91 Å². The molecule has 1 aromatic carbocycles. The van der Waals surface area contributed by atoms with Gasteiger partial charge >= 0.3 is 0 Å². The first-order valence-corrected chi connectivity index (χ1v) is 6.54. The minimum absolute atomic E-state index is 0.211. The standard InChI is InChI=1S/C15H20N2O2/c1-3-5-13(11-16)15(18)17-8-9-19-14-7-4-6-12(2)10-14/h4,6-7,10,13H,3,5,8-9H2,1-2H3,(H,17,18). The summed E-state index contributed by atoms with van der Waals surface area (Å²) in [6.45, 7) is 4.77. The minimum atomic E-state index is -0.552. The summed E-state index contributed by atoms with van der Waals surface area (Å²) >= 11 is 0.